The van der Waals surface area contributed by atoms with Crippen molar-refractivity contribution in [1.29, 1.82) is 0 Å². The Morgan fingerprint density at radius 1 is 0.851 bits per heavy atom. The van der Waals surface area contributed by atoms with Crippen molar-refractivity contribution in [3.63, 3.8) is 0 Å². The maximum absolute atomic E-state index is 14.1. The lowest BCUT2D eigenvalue weighted by Crippen LogP contribution is -2.53. The highest BCUT2D eigenvalue weighted by molar-refractivity contribution is 7.99. The van der Waals surface area contributed by atoms with Crippen LogP contribution in [-0.2, 0) is 32.9 Å². The van der Waals surface area contributed by atoms with Crippen LogP contribution in [-0.4, -0.2) is 61.2 Å². The number of nitrogens with zero attached hydrogens (tertiary/aromatic N) is 3. The molecule has 5 aromatic rings. The molecule has 238 valence electrons. The number of imidazole rings is 1. The zero-order valence-electron chi connectivity index (χ0n) is 25.5. The van der Waals surface area contributed by atoms with Crippen LogP contribution in [0.2, 0.25) is 0 Å². The standard InChI is InChI=1S/C37H34N4O5S/c42-34(40-26-47-24-33(40)35(43)44)32(39-36(45)46-23-27-13-5-1-6-14-27)21-31-22-38-25-41(31)37(28-15-7-2-8-16-28,29-17-9-3-10-18-29)30-19-11-4-12-20-30/h1-20,22,25,32-33H,21,23-24,26H2,(H,39,45)(H,43,44)/t32-,33-/m0/s1. The zero-order chi connectivity index (χ0) is 32.6. The van der Waals surface area contributed by atoms with Crippen molar-refractivity contribution in [3.8, 4) is 0 Å². The molecule has 0 unspecified atom stereocenters. The second kappa shape index (κ2) is 14.4. The highest BCUT2D eigenvalue weighted by Gasteiger charge is 2.42. The Morgan fingerprint density at radius 3 is 1.91 bits per heavy atom. The average molecular weight is 647 g/mol. The van der Waals surface area contributed by atoms with Gasteiger partial charge in [0, 0.05) is 24.1 Å². The first-order chi connectivity index (χ1) is 23.0. The van der Waals surface area contributed by atoms with Gasteiger partial charge in [-0.3, -0.25) is 4.79 Å². The summed E-state index contributed by atoms with van der Waals surface area (Å²) in [5, 5.41) is 12.6. The second-order valence-corrected chi connectivity index (χ2v) is 12.2. The Labute approximate surface area is 277 Å². The summed E-state index contributed by atoms with van der Waals surface area (Å²) in [6.45, 7) is 0.0158. The monoisotopic (exact) mass is 646 g/mol. The molecular formula is C37H34N4O5S. The quantitative estimate of drug-likeness (QED) is 0.181. The minimum absolute atomic E-state index is 0.0158. The Morgan fingerprint density at radius 2 is 1.38 bits per heavy atom. The van der Waals surface area contributed by atoms with E-state index in [2.05, 4.69) is 46.7 Å². The highest BCUT2D eigenvalue weighted by atomic mass is 32.2. The van der Waals surface area contributed by atoms with Crippen LogP contribution in [0, 0.1) is 0 Å². The molecule has 2 heterocycles. The van der Waals surface area contributed by atoms with Gasteiger partial charge >= 0.3 is 12.1 Å². The first kappa shape index (κ1) is 31.6. The Hall–Kier alpha value is -5.35. The van der Waals surface area contributed by atoms with E-state index in [0.29, 0.717) is 5.69 Å². The van der Waals surface area contributed by atoms with Gasteiger partial charge in [0.25, 0.3) is 0 Å². The lowest BCUT2D eigenvalue weighted by Gasteiger charge is -2.39. The van der Waals surface area contributed by atoms with Crippen molar-refractivity contribution in [3.05, 3.63) is 162 Å². The fraction of sp³-hybridized carbons (Fsp3) is 0.189. The number of carbonyl (C=O) groups excluding carboxylic acids is 2. The summed E-state index contributed by atoms with van der Waals surface area (Å²) >= 11 is 1.36. The fourth-order valence-corrected chi connectivity index (χ4v) is 7.27. The summed E-state index contributed by atoms with van der Waals surface area (Å²) in [4.78, 5) is 45.2. The molecular weight excluding hydrogens is 612 g/mol. The van der Waals surface area contributed by atoms with Gasteiger partial charge < -0.3 is 24.6 Å². The van der Waals surface area contributed by atoms with Crippen LogP contribution in [0.3, 0.4) is 0 Å². The van der Waals surface area contributed by atoms with E-state index in [1.807, 2.05) is 89.5 Å². The maximum Gasteiger partial charge on any atom is 0.408 e. The van der Waals surface area contributed by atoms with Crippen LogP contribution in [0.4, 0.5) is 4.79 Å². The molecule has 2 N–H and O–H groups in total. The summed E-state index contributed by atoms with van der Waals surface area (Å²) in [7, 11) is 0. The minimum Gasteiger partial charge on any atom is -0.480 e. The molecule has 10 heteroatoms. The van der Waals surface area contributed by atoms with Crippen LogP contribution in [0.1, 0.15) is 27.9 Å². The summed E-state index contributed by atoms with van der Waals surface area (Å²) in [5.74, 6) is -1.12. The van der Waals surface area contributed by atoms with Crippen LogP contribution < -0.4 is 5.32 Å². The normalized spacial score (nSPS) is 15.1. The molecule has 0 saturated carbocycles. The average Bonchev–Trinajstić information content (AvgIpc) is 3.80. The van der Waals surface area contributed by atoms with E-state index in [-0.39, 0.29) is 24.7 Å². The number of carboxylic acid groups (broad SMARTS) is 1. The van der Waals surface area contributed by atoms with E-state index in [1.54, 1.807) is 12.5 Å². The lowest BCUT2D eigenvalue weighted by atomic mass is 9.76. The third kappa shape index (κ3) is 6.64. The number of ether oxygens (including phenoxy) is 1. The number of thioether (sulfide) groups is 1. The first-order valence-corrected chi connectivity index (χ1v) is 16.4. The number of rotatable bonds is 11. The lowest BCUT2D eigenvalue weighted by molar-refractivity contribution is -0.148. The van der Waals surface area contributed by atoms with Crippen molar-refractivity contribution in [1.82, 2.24) is 19.8 Å². The van der Waals surface area contributed by atoms with Gasteiger partial charge in [-0.15, -0.1) is 11.8 Å². The van der Waals surface area contributed by atoms with Gasteiger partial charge in [-0.05, 0) is 22.3 Å². The molecule has 0 radical (unpaired) electrons. The molecule has 2 atom stereocenters. The summed E-state index contributed by atoms with van der Waals surface area (Å²) in [6, 6.07) is 37.3. The van der Waals surface area contributed by atoms with Gasteiger partial charge in [0.15, 0.2) is 0 Å². The van der Waals surface area contributed by atoms with E-state index in [9.17, 15) is 19.5 Å². The fourth-order valence-electron chi connectivity index (χ4n) is 6.11. The molecule has 1 fully saturated rings. The number of hydrogen-bond acceptors (Lipinski definition) is 6. The van der Waals surface area contributed by atoms with Crippen molar-refractivity contribution in [2.75, 3.05) is 11.6 Å². The number of alkyl carbamates (subject to hydrolysis) is 1. The van der Waals surface area contributed by atoms with Crippen LogP contribution in [0.5, 0.6) is 0 Å². The third-order valence-electron chi connectivity index (χ3n) is 8.32. The predicted octanol–water partition coefficient (Wildman–Crippen LogP) is 5.55. The van der Waals surface area contributed by atoms with Gasteiger partial charge in [0.2, 0.25) is 5.91 Å². The molecule has 0 spiro atoms. The number of nitrogens with one attached hydrogen (secondary N) is 1. The Balaban J connectivity index is 1.42. The SMILES string of the molecule is O=C(N[C@@H](Cc1cncn1C(c1ccccc1)(c1ccccc1)c1ccccc1)C(=O)N1CSC[C@H]1C(=O)O)OCc1ccccc1. The molecule has 1 saturated heterocycles. The van der Waals surface area contributed by atoms with E-state index < -0.39 is 35.6 Å². The van der Waals surface area contributed by atoms with Crippen LogP contribution in [0.25, 0.3) is 0 Å². The number of aliphatic carboxylic acids is 1. The molecule has 6 rings (SSSR count). The number of hydrogen-bond donors (Lipinski definition) is 2. The van der Waals surface area contributed by atoms with E-state index in [1.165, 1.54) is 16.7 Å². The van der Waals surface area contributed by atoms with Crippen molar-refractivity contribution in [2.24, 2.45) is 0 Å². The molecule has 1 aromatic heterocycles. The first-order valence-electron chi connectivity index (χ1n) is 15.2. The van der Waals surface area contributed by atoms with Crippen LogP contribution in [0.15, 0.2) is 134 Å². The molecule has 47 heavy (non-hydrogen) atoms. The molecule has 0 bridgehead atoms. The highest BCUT2D eigenvalue weighted by Crippen LogP contribution is 2.41. The van der Waals surface area contributed by atoms with Gasteiger partial charge in [0.1, 0.15) is 24.2 Å². The van der Waals surface area contributed by atoms with Crippen LogP contribution >= 0.6 is 11.8 Å². The molecule has 2 amide bonds. The maximum atomic E-state index is 14.1. The van der Waals surface area contributed by atoms with Gasteiger partial charge in [-0.25, -0.2) is 14.6 Å². The van der Waals surface area contributed by atoms with E-state index in [0.717, 1.165) is 22.3 Å². The number of amides is 2. The molecule has 9 nitrogen and oxygen atoms in total. The van der Waals surface area contributed by atoms with Gasteiger partial charge in [0.05, 0.1) is 12.2 Å². The van der Waals surface area contributed by atoms with Crippen molar-refractivity contribution >= 4 is 29.7 Å². The van der Waals surface area contributed by atoms with E-state index in [4.69, 9.17) is 4.74 Å². The zero-order valence-corrected chi connectivity index (χ0v) is 26.3. The Kier molecular flexibility index (Phi) is 9.68. The summed E-state index contributed by atoms with van der Waals surface area (Å²) < 4.78 is 7.54. The smallest absolute Gasteiger partial charge is 0.408 e. The number of carbonyl (C=O) groups is 3. The number of benzene rings is 4. The largest absolute Gasteiger partial charge is 0.480 e. The number of aromatic nitrogens is 2. The molecule has 0 aliphatic carbocycles. The summed E-state index contributed by atoms with van der Waals surface area (Å²) in [5.41, 5.74) is 3.46. The molecule has 1 aliphatic heterocycles. The Bertz CT molecular complexity index is 1710. The van der Waals surface area contributed by atoms with Gasteiger partial charge in [-0.2, -0.15) is 0 Å². The van der Waals surface area contributed by atoms with Gasteiger partial charge in [-0.1, -0.05) is 121 Å². The number of carboxylic acids is 1. The van der Waals surface area contributed by atoms with Crippen molar-refractivity contribution < 1.29 is 24.2 Å². The minimum atomic E-state index is -1.13. The second-order valence-electron chi connectivity index (χ2n) is 11.2. The molecule has 4 aromatic carbocycles. The van der Waals surface area contributed by atoms with Crippen molar-refractivity contribution in [2.45, 2.75) is 30.7 Å². The third-order valence-corrected chi connectivity index (χ3v) is 9.33. The summed E-state index contributed by atoms with van der Waals surface area (Å²) in [6.07, 6.45) is 2.68. The predicted molar refractivity (Wildman–Crippen MR) is 180 cm³/mol. The molecule has 1 aliphatic rings. The van der Waals surface area contributed by atoms with E-state index >= 15 is 0 Å². The topological polar surface area (TPSA) is 114 Å².